The Kier molecular flexibility index (Phi) is 5.30. The Labute approximate surface area is 111 Å². The van der Waals surface area contributed by atoms with E-state index in [1.54, 1.807) is 37.3 Å². The van der Waals surface area contributed by atoms with Crippen molar-refractivity contribution in [2.45, 2.75) is 13.0 Å². The number of allylic oxidation sites excluding steroid dienone is 1. The first kappa shape index (κ1) is 14.5. The van der Waals surface area contributed by atoms with Gasteiger partial charge in [-0.05, 0) is 31.2 Å². The van der Waals surface area contributed by atoms with Crippen LogP contribution >= 0.6 is 0 Å². The number of esters is 2. The van der Waals surface area contributed by atoms with Gasteiger partial charge in [0.15, 0.2) is 0 Å². The molecule has 2 bridgehead atoms. The fraction of sp³-hybridized carbons (Fsp3) is 0.214. The highest BCUT2D eigenvalue weighted by Gasteiger charge is 2.17. The van der Waals surface area contributed by atoms with E-state index in [1.807, 2.05) is 0 Å². The Balaban J connectivity index is 0.000000399. The number of carbonyl (C=O) groups excluding carboxylic acids is 2. The van der Waals surface area contributed by atoms with Gasteiger partial charge < -0.3 is 9.47 Å². The normalized spacial score (nSPS) is 17.2. The molecule has 0 saturated heterocycles. The minimum Gasteiger partial charge on any atom is -0.458 e. The molecule has 3 rings (SSSR count). The van der Waals surface area contributed by atoms with Crippen molar-refractivity contribution in [1.29, 1.82) is 5.26 Å². The third-order valence-corrected chi connectivity index (χ3v) is 2.20. The van der Waals surface area contributed by atoms with Gasteiger partial charge in [0.1, 0.15) is 12.7 Å². The predicted octanol–water partition coefficient (Wildman–Crippen LogP) is 2.10. The molecule has 1 aromatic carbocycles. The first-order chi connectivity index (χ1) is 9.08. The average molecular weight is 259 g/mol. The van der Waals surface area contributed by atoms with Crippen molar-refractivity contribution in [1.82, 2.24) is 0 Å². The van der Waals surface area contributed by atoms with Crippen LogP contribution in [-0.4, -0.2) is 24.6 Å². The standard InChI is InChI=1S/C11H10O4.C3H3N/c1-7-6-14-10(12)8-2-4-9(5-3-8)11(13)15-7;1-2-3-4/h2-5,7H,6H2,1H3;2H,1H2. The topological polar surface area (TPSA) is 76.4 Å². The van der Waals surface area contributed by atoms with Gasteiger partial charge in [-0.25, -0.2) is 9.59 Å². The summed E-state index contributed by atoms with van der Waals surface area (Å²) in [5.41, 5.74) is 0.890. The summed E-state index contributed by atoms with van der Waals surface area (Å²) in [5, 5.41) is 7.51. The molecule has 0 saturated carbocycles. The molecule has 5 nitrogen and oxygen atoms in total. The van der Waals surface area contributed by atoms with Gasteiger partial charge in [-0.15, -0.1) is 0 Å². The highest BCUT2D eigenvalue weighted by molar-refractivity contribution is 5.93. The lowest BCUT2D eigenvalue weighted by Gasteiger charge is -2.15. The summed E-state index contributed by atoms with van der Waals surface area (Å²) in [6.07, 6.45) is 0.760. The summed E-state index contributed by atoms with van der Waals surface area (Å²) in [7, 11) is 0. The van der Waals surface area contributed by atoms with Crippen molar-refractivity contribution in [2.24, 2.45) is 0 Å². The van der Waals surface area contributed by atoms with Crippen LogP contribution in [0.25, 0.3) is 0 Å². The Morgan fingerprint density at radius 1 is 1.26 bits per heavy atom. The molecule has 0 spiro atoms. The third-order valence-electron chi connectivity index (χ3n) is 2.20. The minimum absolute atomic E-state index is 0.0863. The van der Waals surface area contributed by atoms with Gasteiger partial charge in [0, 0.05) is 6.08 Å². The van der Waals surface area contributed by atoms with E-state index in [0.29, 0.717) is 11.1 Å². The van der Waals surface area contributed by atoms with Gasteiger partial charge in [-0.3, -0.25) is 0 Å². The lowest BCUT2D eigenvalue weighted by molar-refractivity contribution is 0.00395. The lowest BCUT2D eigenvalue weighted by atomic mass is 10.1. The van der Waals surface area contributed by atoms with E-state index in [9.17, 15) is 9.59 Å². The highest BCUT2D eigenvalue weighted by Crippen LogP contribution is 2.11. The van der Waals surface area contributed by atoms with Crippen LogP contribution in [0.1, 0.15) is 27.6 Å². The Morgan fingerprint density at radius 3 is 2.21 bits per heavy atom. The van der Waals surface area contributed by atoms with Crippen LogP contribution < -0.4 is 0 Å². The van der Waals surface area contributed by atoms with E-state index in [0.717, 1.165) is 0 Å². The maximum atomic E-state index is 11.5. The summed E-state index contributed by atoms with van der Waals surface area (Å²) >= 11 is 0. The summed E-state index contributed by atoms with van der Waals surface area (Å²) < 4.78 is 9.98. The molecule has 0 aromatic heterocycles. The summed E-state index contributed by atoms with van der Waals surface area (Å²) in [6.45, 7) is 4.88. The van der Waals surface area contributed by atoms with Crippen molar-refractivity contribution >= 4 is 11.9 Å². The zero-order valence-electron chi connectivity index (χ0n) is 10.5. The molecule has 1 aromatic rings. The average Bonchev–Trinajstić information content (AvgIpc) is 2.44. The highest BCUT2D eigenvalue weighted by atomic mass is 16.6. The van der Waals surface area contributed by atoms with E-state index in [4.69, 9.17) is 14.7 Å². The first-order valence-corrected chi connectivity index (χ1v) is 5.57. The van der Waals surface area contributed by atoms with Crippen LogP contribution in [0.4, 0.5) is 0 Å². The monoisotopic (exact) mass is 259 g/mol. The third kappa shape index (κ3) is 4.28. The number of hydrogen-bond acceptors (Lipinski definition) is 5. The van der Waals surface area contributed by atoms with Crippen molar-refractivity contribution in [3.05, 3.63) is 48.0 Å². The van der Waals surface area contributed by atoms with E-state index in [1.165, 1.54) is 6.08 Å². The van der Waals surface area contributed by atoms with Crippen LogP contribution in [0.15, 0.2) is 36.9 Å². The molecule has 2 aliphatic rings. The van der Waals surface area contributed by atoms with Crippen LogP contribution in [-0.2, 0) is 9.47 Å². The van der Waals surface area contributed by atoms with Gasteiger partial charge in [0.2, 0.25) is 0 Å². The van der Waals surface area contributed by atoms with Crippen LogP contribution in [0.5, 0.6) is 0 Å². The number of carbonyl (C=O) groups is 2. The molecule has 0 N–H and O–H groups in total. The predicted molar refractivity (Wildman–Crippen MR) is 67.4 cm³/mol. The van der Waals surface area contributed by atoms with Crippen molar-refractivity contribution in [3.63, 3.8) is 0 Å². The van der Waals surface area contributed by atoms with E-state index in [2.05, 4.69) is 6.58 Å². The number of ether oxygens (including phenoxy) is 2. The minimum atomic E-state index is -0.421. The van der Waals surface area contributed by atoms with E-state index in [-0.39, 0.29) is 6.61 Å². The zero-order chi connectivity index (χ0) is 14.3. The maximum absolute atomic E-state index is 11.5. The molecule has 5 heteroatoms. The second-order valence-electron chi connectivity index (χ2n) is 3.72. The SMILES string of the molecule is C=CC#N.CC1COC(=O)c2ccc(cc2)C(=O)O1. The fourth-order valence-corrected chi connectivity index (χ4v) is 1.30. The summed E-state index contributed by atoms with van der Waals surface area (Å²) in [5.74, 6) is -0.793. The molecular formula is C14H13NO4. The molecule has 1 atom stereocenters. The number of nitriles is 1. The van der Waals surface area contributed by atoms with Gasteiger partial charge >= 0.3 is 11.9 Å². The molecule has 0 aliphatic carbocycles. The zero-order valence-corrected chi connectivity index (χ0v) is 10.5. The number of hydrogen-bond donors (Lipinski definition) is 0. The smallest absolute Gasteiger partial charge is 0.338 e. The van der Waals surface area contributed by atoms with E-state index >= 15 is 0 Å². The Morgan fingerprint density at radius 2 is 1.74 bits per heavy atom. The summed E-state index contributed by atoms with van der Waals surface area (Å²) in [4.78, 5) is 22.9. The Bertz CT molecular complexity index is 513. The Hall–Kier alpha value is -2.61. The molecule has 2 heterocycles. The lowest BCUT2D eigenvalue weighted by Crippen LogP contribution is -2.23. The van der Waals surface area contributed by atoms with Gasteiger partial charge in [0.25, 0.3) is 0 Å². The number of nitrogens with zero attached hydrogens (tertiary/aromatic N) is 1. The second kappa shape index (κ2) is 6.97. The molecule has 0 amide bonds. The van der Waals surface area contributed by atoms with Crippen LogP contribution in [0.2, 0.25) is 0 Å². The van der Waals surface area contributed by atoms with Gasteiger partial charge in [-0.2, -0.15) is 5.26 Å². The molecular weight excluding hydrogens is 246 g/mol. The van der Waals surface area contributed by atoms with Crippen molar-refractivity contribution in [2.75, 3.05) is 6.61 Å². The van der Waals surface area contributed by atoms with E-state index < -0.39 is 18.0 Å². The van der Waals surface area contributed by atoms with Crippen LogP contribution in [0.3, 0.4) is 0 Å². The number of fused-ring (bicyclic) bond motifs is 7. The second-order valence-corrected chi connectivity index (χ2v) is 3.72. The maximum Gasteiger partial charge on any atom is 0.338 e. The molecule has 1 unspecified atom stereocenters. The quantitative estimate of drug-likeness (QED) is 0.526. The molecule has 0 radical (unpaired) electrons. The first-order valence-electron chi connectivity index (χ1n) is 5.57. The van der Waals surface area contributed by atoms with Crippen molar-refractivity contribution in [3.8, 4) is 6.07 Å². The van der Waals surface area contributed by atoms with Crippen LogP contribution in [0, 0.1) is 11.3 Å². The summed E-state index contributed by atoms with van der Waals surface area (Å²) in [6, 6.07) is 7.90. The number of benzene rings is 1. The fourth-order valence-electron chi connectivity index (χ4n) is 1.30. The molecule has 98 valence electrons. The van der Waals surface area contributed by atoms with Gasteiger partial charge in [-0.1, -0.05) is 6.58 Å². The largest absolute Gasteiger partial charge is 0.458 e. The molecule has 0 fully saturated rings. The molecule has 2 aliphatic heterocycles. The molecule has 19 heavy (non-hydrogen) atoms. The van der Waals surface area contributed by atoms with Gasteiger partial charge in [0.05, 0.1) is 17.2 Å². The number of rotatable bonds is 0. The van der Waals surface area contributed by atoms with Crippen molar-refractivity contribution < 1.29 is 19.1 Å².